The van der Waals surface area contributed by atoms with Crippen molar-refractivity contribution in [3.8, 4) is 0 Å². The third-order valence-electron chi connectivity index (χ3n) is 3.92. The largest absolute Gasteiger partial charge is 0.481 e. The lowest BCUT2D eigenvalue weighted by Gasteiger charge is -2.27. The van der Waals surface area contributed by atoms with Gasteiger partial charge in [-0.05, 0) is 19.3 Å². The first kappa shape index (κ1) is 14.4. The topological polar surface area (TPSA) is 93.1 Å². The number of carboxylic acid groups (broad SMARTS) is 1. The molecule has 0 aromatic heterocycles. The van der Waals surface area contributed by atoms with Gasteiger partial charge in [0.1, 0.15) is 6.29 Å². The molecule has 1 heterocycles. The summed E-state index contributed by atoms with van der Waals surface area (Å²) >= 11 is 0. The molecule has 0 spiro atoms. The van der Waals surface area contributed by atoms with Gasteiger partial charge in [-0.15, -0.1) is 0 Å². The Hall–Kier alpha value is -0.980. The van der Waals surface area contributed by atoms with Crippen LogP contribution in [0.2, 0.25) is 0 Å². The van der Waals surface area contributed by atoms with E-state index in [2.05, 4.69) is 0 Å². The third-order valence-corrected chi connectivity index (χ3v) is 3.92. The molecule has 1 saturated carbocycles. The fourth-order valence-electron chi connectivity index (χ4n) is 2.92. The van der Waals surface area contributed by atoms with Crippen molar-refractivity contribution in [3.05, 3.63) is 0 Å². The van der Waals surface area contributed by atoms with E-state index in [9.17, 15) is 14.7 Å². The van der Waals surface area contributed by atoms with Crippen molar-refractivity contribution in [2.75, 3.05) is 6.61 Å². The zero-order valence-electron chi connectivity index (χ0n) is 10.7. The highest BCUT2D eigenvalue weighted by atomic mass is 16.7. The van der Waals surface area contributed by atoms with Gasteiger partial charge in [-0.1, -0.05) is 0 Å². The number of carbonyl (C=O) groups excluding carboxylic acids is 1. The smallest absolute Gasteiger partial charge is 0.303 e. The second-order valence-corrected chi connectivity index (χ2v) is 5.25. The molecule has 1 aliphatic heterocycles. The molecular formula is C13H20O6. The number of aliphatic hydroxyl groups is 1. The van der Waals surface area contributed by atoms with E-state index >= 15 is 0 Å². The minimum absolute atomic E-state index is 0.212. The van der Waals surface area contributed by atoms with Crippen molar-refractivity contribution in [3.63, 3.8) is 0 Å². The maximum atomic E-state index is 11.2. The summed E-state index contributed by atoms with van der Waals surface area (Å²) < 4.78 is 11.2. The number of aliphatic hydroxyl groups excluding tert-OH is 1. The minimum atomic E-state index is -1.01. The summed E-state index contributed by atoms with van der Waals surface area (Å²) in [7, 11) is 0. The molecule has 0 bridgehead atoms. The maximum absolute atomic E-state index is 11.2. The van der Waals surface area contributed by atoms with Crippen LogP contribution < -0.4 is 0 Å². The van der Waals surface area contributed by atoms with Gasteiger partial charge in [-0.3, -0.25) is 4.79 Å². The van der Waals surface area contributed by atoms with Gasteiger partial charge in [0, 0.05) is 24.9 Å². The summed E-state index contributed by atoms with van der Waals surface area (Å²) in [5, 5.41) is 18.7. The van der Waals surface area contributed by atoms with Crippen LogP contribution in [0.25, 0.3) is 0 Å². The molecule has 0 amide bonds. The van der Waals surface area contributed by atoms with Crippen LogP contribution in [0.3, 0.4) is 0 Å². The second-order valence-electron chi connectivity index (χ2n) is 5.25. The standard InChI is InChI=1S/C13H20O6/c14-7-9-8(5-12(16)17)10(15)6-11(9)19-13-3-1-2-4-18-13/h7-11,13,15H,1-6H2,(H,16,17)/t8-,9-,10+,11-,13?/m1/s1. The van der Waals surface area contributed by atoms with Crippen molar-refractivity contribution in [2.45, 2.75) is 50.6 Å². The molecule has 19 heavy (non-hydrogen) atoms. The van der Waals surface area contributed by atoms with Crippen LogP contribution in [-0.2, 0) is 19.1 Å². The number of hydrogen-bond donors (Lipinski definition) is 2. The minimum Gasteiger partial charge on any atom is -0.481 e. The Morgan fingerprint density at radius 2 is 2.21 bits per heavy atom. The predicted molar refractivity (Wildman–Crippen MR) is 64.4 cm³/mol. The van der Waals surface area contributed by atoms with Crippen LogP contribution in [0.1, 0.15) is 32.1 Å². The third kappa shape index (κ3) is 3.52. The molecule has 0 aromatic carbocycles. The molecular weight excluding hydrogens is 252 g/mol. The average Bonchev–Trinajstić information content (AvgIpc) is 2.66. The van der Waals surface area contributed by atoms with Crippen molar-refractivity contribution in [1.82, 2.24) is 0 Å². The van der Waals surface area contributed by atoms with Crippen molar-refractivity contribution >= 4 is 12.3 Å². The van der Waals surface area contributed by atoms with E-state index in [0.717, 1.165) is 19.3 Å². The van der Waals surface area contributed by atoms with E-state index < -0.39 is 30.0 Å². The lowest BCUT2D eigenvalue weighted by Crippen LogP contribution is -2.32. The highest BCUT2D eigenvalue weighted by Crippen LogP contribution is 2.37. The summed E-state index contributed by atoms with van der Waals surface area (Å²) in [6.07, 6.45) is 2.00. The Bertz CT molecular complexity index is 325. The van der Waals surface area contributed by atoms with Crippen LogP contribution in [0.4, 0.5) is 0 Å². The van der Waals surface area contributed by atoms with Gasteiger partial charge in [0.25, 0.3) is 0 Å². The first-order valence-corrected chi connectivity index (χ1v) is 6.74. The van der Waals surface area contributed by atoms with E-state index in [-0.39, 0.29) is 12.7 Å². The highest BCUT2D eigenvalue weighted by Gasteiger charge is 2.45. The molecule has 0 radical (unpaired) electrons. The van der Waals surface area contributed by atoms with Gasteiger partial charge >= 0.3 is 5.97 Å². The SMILES string of the molecule is O=C[C@@H]1[C@@H](CC(=O)O)[C@@H](O)C[C@H]1OC1CCCCO1. The summed E-state index contributed by atoms with van der Waals surface area (Å²) in [6, 6.07) is 0. The van der Waals surface area contributed by atoms with Crippen molar-refractivity contribution < 1.29 is 29.3 Å². The molecule has 2 N–H and O–H groups in total. The predicted octanol–water partition coefficient (Wildman–Crippen LogP) is 0.569. The Labute approximate surface area is 111 Å². The molecule has 5 atom stereocenters. The van der Waals surface area contributed by atoms with E-state index in [4.69, 9.17) is 14.6 Å². The number of ether oxygens (including phenoxy) is 2. The first-order chi connectivity index (χ1) is 9.11. The molecule has 1 saturated heterocycles. The van der Waals surface area contributed by atoms with E-state index in [0.29, 0.717) is 19.3 Å². The summed E-state index contributed by atoms with van der Waals surface area (Å²) in [4.78, 5) is 21.9. The van der Waals surface area contributed by atoms with E-state index in [1.165, 1.54) is 0 Å². The molecule has 108 valence electrons. The normalized spacial score (nSPS) is 39.1. The van der Waals surface area contributed by atoms with Gasteiger partial charge in [0.2, 0.25) is 0 Å². The number of hydrogen-bond acceptors (Lipinski definition) is 5. The van der Waals surface area contributed by atoms with E-state index in [1.54, 1.807) is 0 Å². The van der Waals surface area contributed by atoms with Gasteiger partial charge < -0.3 is 24.5 Å². The van der Waals surface area contributed by atoms with Crippen molar-refractivity contribution in [2.24, 2.45) is 11.8 Å². The van der Waals surface area contributed by atoms with Crippen LogP contribution in [-0.4, -0.2) is 47.6 Å². The summed E-state index contributed by atoms with van der Waals surface area (Å²) in [5.74, 6) is -2.15. The van der Waals surface area contributed by atoms with E-state index in [1.807, 2.05) is 0 Å². The van der Waals surface area contributed by atoms with Crippen LogP contribution in [0.5, 0.6) is 0 Å². The molecule has 0 aromatic rings. The fraction of sp³-hybridized carbons (Fsp3) is 0.846. The van der Waals surface area contributed by atoms with Gasteiger partial charge in [0.15, 0.2) is 6.29 Å². The monoisotopic (exact) mass is 272 g/mol. The van der Waals surface area contributed by atoms with Crippen LogP contribution >= 0.6 is 0 Å². The van der Waals surface area contributed by atoms with Gasteiger partial charge in [0.05, 0.1) is 18.6 Å². The first-order valence-electron chi connectivity index (χ1n) is 6.74. The molecule has 1 aliphatic carbocycles. The Morgan fingerprint density at radius 3 is 2.79 bits per heavy atom. The Morgan fingerprint density at radius 1 is 1.42 bits per heavy atom. The Kier molecular flexibility index (Phi) is 4.90. The molecule has 2 fully saturated rings. The zero-order chi connectivity index (χ0) is 13.8. The number of aliphatic carboxylic acids is 1. The lowest BCUT2D eigenvalue weighted by molar-refractivity contribution is -0.195. The maximum Gasteiger partial charge on any atom is 0.303 e. The lowest BCUT2D eigenvalue weighted by atomic mass is 9.92. The van der Waals surface area contributed by atoms with Gasteiger partial charge in [-0.2, -0.15) is 0 Å². The quantitative estimate of drug-likeness (QED) is 0.711. The molecule has 6 heteroatoms. The Balaban J connectivity index is 1.96. The molecule has 1 unspecified atom stereocenters. The number of rotatable bonds is 5. The van der Waals surface area contributed by atoms with Crippen molar-refractivity contribution in [1.29, 1.82) is 0 Å². The molecule has 2 aliphatic rings. The molecule has 6 nitrogen and oxygen atoms in total. The zero-order valence-corrected chi connectivity index (χ0v) is 10.7. The number of carbonyl (C=O) groups is 2. The fourth-order valence-corrected chi connectivity index (χ4v) is 2.92. The number of carboxylic acids is 1. The molecule has 2 rings (SSSR count). The van der Waals surface area contributed by atoms with Gasteiger partial charge in [-0.25, -0.2) is 0 Å². The van der Waals surface area contributed by atoms with Crippen LogP contribution in [0.15, 0.2) is 0 Å². The summed E-state index contributed by atoms with van der Waals surface area (Å²) in [6.45, 7) is 0.643. The highest BCUT2D eigenvalue weighted by molar-refractivity contribution is 5.68. The number of aldehydes is 1. The van der Waals surface area contributed by atoms with Crippen LogP contribution in [0, 0.1) is 11.8 Å². The average molecular weight is 272 g/mol. The summed E-state index contributed by atoms with van der Waals surface area (Å²) in [5.41, 5.74) is 0. The second kappa shape index (κ2) is 6.45.